The fourth-order valence-electron chi connectivity index (χ4n) is 1.38. The molecule has 5 nitrogen and oxygen atoms in total. The van der Waals surface area contributed by atoms with Crippen LogP contribution >= 0.6 is 27.3 Å². The maximum Gasteiger partial charge on any atom is 0.272 e. The summed E-state index contributed by atoms with van der Waals surface area (Å²) in [4.78, 5) is 4.05. The van der Waals surface area contributed by atoms with Crippen molar-refractivity contribution in [3.8, 4) is 0 Å². The van der Waals surface area contributed by atoms with Gasteiger partial charge in [0.1, 0.15) is 10.0 Å². The van der Waals surface area contributed by atoms with Gasteiger partial charge in [0, 0.05) is 6.54 Å². The minimum Gasteiger partial charge on any atom is -0.380 e. The van der Waals surface area contributed by atoms with E-state index < -0.39 is 10.0 Å². The van der Waals surface area contributed by atoms with Crippen LogP contribution in [0.1, 0.15) is 0 Å². The van der Waals surface area contributed by atoms with Gasteiger partial charge in [0.25, 0.3) is 10.0 Å². The smallest absolute Gasteiger partial charge is 0.272 e. The highest BCUT2D eigenvalue weighted by atomic mass is 79.9. The van der Waals surface area contributed by atoms with E-state index in [9.17, 15) is 8.42 Å². The number of halogens is 1. The molecule has 2 heterocycles. The molecule has 0 fully saturated rings. The molecule has 0 unspecified atom stereocenters. The molecule has 0 aliphatic heterocycles. The van der Waals surface area contributed by atoms with E-state index >= 15 is 0 Å². The van der Waals surface area contributed by atoms with Crippen molar-refractivity contribution in [1.29, 1.82) is 0 Å². The quantitative estimate of drug-likeness (QED) is 0.762. The van der Waals surface area contributed by atoms with Gasteiger partial charge < -0.3 is 5.32 Å². The highest BCUT2D eigenvalue weighted by Gasteiger charge is 2.17. The van der Waals surface area contributed by atoms with Gasteiger partial charge in [-0.1, -0.05) is 6.08 Å². The van der Waals surface area contributed by atoms with Crippen molar-refractivity contribution in [1.82, 2.24) is 4.98 Å². The van der Waals surface area contributed by atoms with E-state index in [0.29, 0.717) is 6.54 Å². The van der Waals surface area contributed by atoms with E-state index in [0.717, 1.165) is 20.8 Å². The molecule has 2 N–H and O–H groups in total. The number of rotatable bonds is 6. The van der Waals surface area contributed by atoms with Crippen LogP contribution in [0.5, 0.6) is 0 Å². The van der Waals surface area contributed by atoms with Gasteiger partial charge in [0.05, 0.1) is 15.7 Å². The number of hydrogen-bond donors (Lipinski definition) is 2. The Morgan fingerprint density at radius 1 is 1.35 bits per heavy atom. The first kappa shape index (κ1) is 15.0. The number of anilines is 2. The molecule has 2 aromatic heterocycles. The summed E-state index contributed by atoms with van der Waals surface area (Å²) in [6, 6.07) is 6.58. The first-order valence-electron chi connectivity index (χ1n) is 5.60. The molecule has 20 heavy (non-hydrogen) atoms. The number of nitrogens with one attached hydrogen (secondary N) is 2. The Hall–Kier alpha value is -1.38. The monoisotopic (exact) mass is 373 g/mol. The Morgan fingerprint density at radius 2 is 2.15 bits per heavy atom. The van der Waals surface area contributed by atoms with Gasteiger partial charge in [0.15, 0.2) is 0 Å². The van der Waals surface area contributed by atoms with Gasteiger partial charge in [-0.25, -0.2) is 13.4 Å². The zero-order valence-electron chi connectivity index (χ0n) is 10.3. The number of hydrogen-bond acceptors (Lipinski definition) is 5. The van der Waals surface area contributed by atoms with Crippen molar-refractivity contribution in [3.63, 3.8) is 0 Å². The molecule has 0 bridgehead atoms. The van der Waals surface area contributed by atoms with E-state index in [4.69, 9.17) is 0 Å². The lowest BCUT2D eigenvalue weighted by atomic mass is 10.4. The zero-order valence-corrected chi connectivity index (χ0v) is 13.6. The number of nitrogens with zero attached hydrogens (tertiary/aromatic N) is 1. The van der Waals surface area contributed by atoms with E-state index in [2.05, 4.69) is 37.5 Å². The average Bonchev–Trinajstić information content (AvgIpc) is 2.85. The summed E-state index contributed by atoms with van der Waals surface area (Å²) in [5, 5.41) is 3.06. The van der Waals surface area contributed by atoms with E-state index in [1.807, 2.05) is 0 Å². The Kier molecular flexibility index (Phi) is 4.79. The van der Waals surface area contributed by atoms with Crippen LogP contribution in [0.25, 0.3) is 0 Å². The standard InChI is InChI=1S/C12H12BrN3O2S2/c1-2-7-14-9-3-5-11(15-8-9)16-20(17,18)12-6-4-10(13)19-12/h2-6,8,14H,1,7H2,(H,15,16). The fraction of sp³-hybridized carbons (Fsp3) is 0.0833. The highest BCUT2D eigenvalue weighted by molar-refractivity contribution is 9.11. The second kappa shape index (κ2) is 6.38. The summed E-state index contributed by atoms with van der Waals surface area (Å²) in [6.45, 7) is 4.22. The molecular weight excluding hydrogens is 362 g/mol. The molecule has 0 radical (unpaired) electrons. The van der Waals surface area contributed by atoms with Gasteiger partial charge in [-0.2, -0.15) is 0 Å². The van der Waals surface area contributed by atoms with Crippen LogP contribution in [0.3, 0.4) is 0 Å². The molecule has 0 amide bonds. The van der Waals surface area contributed by atoms with Gasteiger partial charge in [0.2, 0.25) is 0 Å². The molecule has 2 aromatic rings. The van der Waals surface area contributed by atoms with Crippen LogP contribution in [0.2, 0.25) is 0 Å². The normalized spacial score (nSPS) is 11.1. The second-order valence-corrected chi connectivity index (χ2v) is 8.14. The van der Waals surface area contributed by atoms with Crippen molar-refractivity contribution in [2.75, 3.05) is 16.6 Å². The summed E-state index contributed by atoms with van der Waals surface area (Å²) in [6.07, 6.45) is 3.29. The summed E-state index contributed by atoms with van der Waals surface area (Å²) in [5.74, 6) is 0.277. The van der Waals surface area contributed by atoms with Gasteiger partial charge in [-0.3, -0.25) is 4.72 Å². The maximum atomic E-state index is 12.1. The minimum atomic E-state index is -3.58. The van der Waals surface area contributed by atoms with E-state index in [1.54, 1.807) is 30.5 Å². The van der Waals surface area contributed by atoms with Crippen LogP contribution in [-0.2, 0) is 10.0 Å². The van der Waals surface area contributed by atoms with Crippen molar-refractivity contribution in [2.45, 2.75) is 4.21 Å². The number of sulfonamides is 1. The summed E-state index contributed by atoms with van der Waals surface area (Å²) >= 11 is 4.38. The highest BCUT2D eigenvalue weighted by Crippen LogP contribution is 2.27. The van der Waals surface area contributed by atoms with Crippen molar-refractivity contribution >= 4 is 48.8 Å². The molecule has 8 heteroatoms. The minimum absolute atomic E-state index is 0.236. The third-order valence-corrected chi connectivity index (χ3v) is 5.74. The summed E-state index contributed by atoms with van der Waals surface area (Å²) < 4.78 is 27.6. The van der Waals surface area contributed by atoms with Gasteiger partial charge in [-0.15, -0.1) is 17.9 Å². The van der Waals surface area contributed by atoms with Crippen LogP contribution < -0.4 is 10.0 Å². The first-order valence-corrected chi connectivity index (χ1v) is 8.69. The predicted octanol–water partition coefficient (Wildman–Crippen LogP) is 3.30. The maximum absolute atomic E-state index is 12.1. The largest absolute Gasteiger partial charge is 0.380 e. The second-order valence-electron chi connectivity index (χ2n) is 3.77. The van der Waals surface area contributed by atoms with Gasteiger partial charge in [-0.05, 0) is 40.2 Å². The Morgan fingerprint density at radius 3 is 2.70 bits per heavy atom. The van der Waals surface area contributed by atoms with Crippen LogP contribution in [-0.4, -0.2) is 19.9 Å². The predicted molar refractivity (Wildman–Crippen MR) is 85.8 cm³/mol. The van der Waals surface area contributed by atoms with E-state index in [1.165, 1.54) is 6.07 Å². The number of aromatic nitrogens is 1. The Labute approximate surface area is 129 Å². The molecule has 2 rings (SSSR count). The molecule has 0 spiro atoms. The number of thiophene rings is 1. The molecule has 0 saturated heterocycles. The lowest BCUT2D eigenvalue weighted by Crippen LogP contribution is -2.12. The van der Waals surface area contributed by atoms with Crippen LogP contribution in [0.15, 0.2) is 51.1 Å². The molecule has 0 saturated carbocycles. The van der Waals surface area contributed by atoms with Crippen molar-refractivity contribution < 1.29 is 8.42 Å². The summed E-state index contributed by atoms with van der Waals surface area (Å²) in [7, 11) is -3.58. The number of pyridine rings is 1. The van der Waals surface area contributed by atoms with Crippen LogP contribution in [0, 0.1) is 0 Å². The molecular formula is C12H12BrN3O2S2. The zero-order chi connectivity index (χ0) is 14.6. The third-order valence-electron chi connectivity index (χ3n) is 2.27. The molecule has 106 valence electrons. The lowest BCUT2D eigenvalue weighted by Gasteiger charge is -2.07. The molecule has 0 aromatic carbocycles. The first-order chi connectivity index (χ1) is 9.51. The SMILES string of the molecule is C=CCNc1ccc(NS(=O)(=O)c2ccc(Br)s2)nc1. The lowest BCUT2D eigenvalue weighted by molar-refractivity contribution is 0.603. The molecule has 0 aliphatic carbocycles. The molecule has 0 atom stereocenters. The third kappa shape index (κ3) is 3.81. The van der Waals surface area contributed by atoms with Crippen molar-refractivity contribution in [3.05, 3.63) is 46.9 Å². The van der Waals surface area contributed by atoms with Gasteiger partial charge >= 0.3 is 0 Å². The topological polar surface area (TPSA) is 71.1 Å². The molecule has 0 aliphatic rings. The fourth-order valence-corrected chi connectivity index (χ4v) is 4.40. The van der Waals surface area contributed by atoms with Crippen molar-refractivity contribution in [2.24, 2.45) is 0 Å². The van der Waals surface area contributed by atoms with E-state index in [-0.39, 0.29) is 10.0 Å². The average molecular weight is 374 g/mol. The Bertz CT molecular complexity index is 696. The summed E-state index contributed by atoms with van der Waals surface area (Å²) in [5.41, 5.74) is 0.798. The Balaban J connectivity index is 2.11. The van der Waals surface area contributed by atoms with Crippen LogP contribution in [0.4, 0.5) is 11.5 Å².